The predicted molar refractivity (Wildman–Crippen MR) is 97.7 cm³/mol. The molecule has 3 aromatic carbocycles. The van der Waals surface area contributed by atoms with E-state index in [1.807, 2.05) is 6.33 Å². The van der Waals surface area contributed by atoms with Crippen molar-refractivity contribution in [1.29, 1.82) is 0 Å². The highest BCUT2D eigenvalue weighted by Gasteiger charge is 2.17. The smallest absolute Gasteiger partial charge is 0.115 e. The maximum Gasteiger partial charge on any atom is 0.115 e. The molecule has 4 heteroatoms. The second-order valence-electron chi connectivity index (χ2n) is 6.22. The summed E-state index contributed by atoms with van der Waals surface area (Å²) in [5.41, 5.74) is 7.73. The maximum absolute atomic E-state index is 4.72. The van der Waals surface area contributed by atoms with E-state index in [4.69, 9.17) is 4.98 Å². The molecule has 116 valence electrons. The van der Waals surface area contributed by atoms with Crippen LogP contribution >= 0.6 is 0 Å². The number of aromatic amines is 1. The molecule has 0 atom stereocenters. The van der Waals surface area contributed by atoms with Crippen LogP contribution in [-0.4, -0.2) is 19.5 Å². The Bertz CT molecular complexity index is 1210. The molecule has 2 aromatic heterocycles. The second kappa shape index (κ2) is 4.68. The number of aromatic nitrogens is 4. The predicted octanol–water partition coefficient (Wildman–Crippen LogP) is 4.67. The zero-order valence-corrected chi connectivity index (χ0v) is 13.5. The third-order valence-electron chi connectivity index (χ3n) is 4.76. The van der Waals surface area contributed by atoms with Crippen LogP contribution in [0.4, 0.5) is 0 Å². The van der Waals surface area contributed by atoms with Gasteiger partial charge in [-0.05, 0) is 25.0 Å². The fraction of sp³-hybridized carbons (Fsp3) is 0.100. The summed E-state index contributed by atoms with van der Waals surface area (Å²) in [6, 6.07) is 14.8. The number of imidazole rings is 2. The van der Waals surface area contributed by atoms with Gasteiger partial charge in [0, 0.05) is 10.8 Å². The SMILES string of the molecule is Cc1cccc(C)c1-n1cnc2c3[nH]cnc3c3ccccc3c21. The molecule has 2 heterocycles. The van der Waals surface area contributed by atoms with Gasteiger partial charge in [0.05, 0.1) is 28.6 Å². The van der Waals surface area contributed by atoms with E-state index in [0.29, 0.717) is 0 Å². The Morgan fingerprint density at radius 2 is 1.58 bits per heavy atom. The van der Waals surface area contributed by atoms with Crippen molar-refractivity contribution in [2.75, 3.05) is 0 Å². The molecule has 0 unspecified atom stereocenters. The van der Waals surface area contributed by atoms with E-state index in [2.05, 4.69) is 70.8 Å². The quantitative estimate of drug-likeness (QED) is 0.489. The Morgan fingerprint density at radius 3 is 2.38 bits per heavy atom. The summed E-state index contributed by atoms with van der Waals surface area (Å²) in [4.78, 5) is 12.5. The Hall–Kier alpha value is -3.14. The van der Waals surface area contributed by atoms with E-state index >= 15 is 0 Å². The summed E-state index contributed by atoms with van der Waals surface area (Å²) >= 11 is 0. The van der Waals surface area contributed by atoms with Gasteiger partial charge in [0.2, 0.25) is 0 Å². The van der Waals surface area contributed by atoms with Crippen LogP contribution in [0.1, 0.15) is 11.1 Å². The monoisotopic (exact) mass is 312 g/mol. The number of rotatable bonds is 1. The lowest BCUT2D eigenvalue weighted by atomic mass is 10.1. The van der Waals surface area contributed by atoms with Gasteiger partial charge >= 0.3 is 0 Å². The highest BCUT2D eigenvalue weighted by atomic mass is 15.1. The van der Waals surface area contributed by atoms with Crippen LogP contribution in [0.15, 0.2) is 55.1 Å². The van der Waals surface area contributed by atoms with Crippen molar-refractivity contribution < 1.29 is 0 Å². The molecule has 0 amide bonds. The van der Waals surface area contributed by atoms with Gasteiger partial charge in [-0.3, -0.25) is 4.57 Å². The minimum absolute atomic E-state index is 0.962. The number of para-hydroxylation sites is 1. The number of H-pyrrole nitrogens is 1. The van der Waals surface area contributed by atoms with Crippen molar-refractivity contribution in [3.63, 3.8) is 0 Å². The average Bonchev–Trinajstić information content (AvgIpc) is 3.22. The van der Waals surface area contributed by atoms with Crippen LogP contribution in [0.5, 0.6) is 0 Å². The topological polar surface area (TPSA) is 46.5 Å². The molecule has 0 saturated carbocycles. The number of aryl methyl sites for hydroxylation is 2. The van der Waals surface area contributed by atoms with E-state index in [9.17, 15) is 0 Å². The Morgan fingerprint density at radius 1 is 0.833 bits per heavy atom. The van der Waals surface area contributed by atoms with Gasteiger partial charge in [-0.25, -0.2) is 9.97 Å². The van der Waals surface area contributed by atoms with E-state index in [1.165, 1.54) is 22.2 Å². The van der Waals surface area contributed by atoms with E-state index < -0.39 is 0 Å². The molecule has 0 spiro atoms. The van der Waals surface area contributed by atoms with Gasteiger partial charge in [-0.15, -0.1) is 0 Å². The highest BCUT2D eigenvalue weighted by Crippen LogP contribution is 2.34. The van der Waals surface area contributed by atoms with Crippen molar-refractivity contribution in [3.8, 4) is 5.69 Å². The van der Waals surface area contributed by atoms with E-state index in [1.54, 1.807) is 6.33 Å². The van der Waals surface area contributed by atoms with E-state index in [0.717, 1.165) is 27.5 Å². The van der Waals surface area contributed by atoms with Crippen molar-refractivity contribution >= 4 is 32.8 Å². The standard InChI is InChI=1S/C20H16N4/c1-12-6-5-7-13(2)19(12)24-11-23-18-17-16(21-10-22-17)14-8-3-4-9-15(14)20(18)24/h3-11H,1-2H3,(H,21,22). The molecule has 5 rings (SSSR count). The van der Waals surface area contributed by atoms with Crippen molar-refractivity contribution in [1.82, 2.24) is 19.5 Å². The van der Waals surface area contributed by atoms with Crippen LogP contribution in [0.25, 0.3) is 38.5 Å². The molecular formula is C20H16N4. The maximum atomic E-state index is 4.72. The van der Waals surface area contributed by atoms with Crippen LogP contribution in [0, 0.1) is 13.8 Å². The molecule has 4 nitrogen and oxygen atoms in total. The first kappa shape index (κ1) is 13.3. The van der Waals surface area contributed by atoms with Crippen LogP contribution in [0.3, 0.4) is 0 Å². The second-order valence-corrected chi connectivity index (χ2v) is 6.22. The average molecular weight is 312 g/mol. The van der Waals surface area contributed by atoms with Crippen LogP contribution < -0.4 is 0 Å². The number of nitrogens with zero attached hydrogens (tertiary/aromatic N) is 3. The van der Waals surface area contributed by atoms with Gasteiger partial charge in [0.1, 0.15) is 11.8 Å². The normalized spacial score (nSPS) is 11.8. The molecule has 0 bridgehead atoms. The van der Waals surface area contributed by atoms with E-state index in [-0.39, 0.29) is 0 Å². The molecule has 0 aliphatic heterocycles. The Kier molecular flexibility index (Phi) is 2.59. The van der Waals surface area contributed by atoms with Crippen molar-refractivity contribution in [3.05, 3.63) is 66.2 Å². The molecule has 0 saturated heterocycles. The number of benzene rings is 3. The minimum Gasteiger partial charge on any atom is -0.343 e. The molecule has 1 N–H and O–H groups in total. The van der Waals surface area contributed by atoms with Gasteiger partial charge in [0.15, 0.2) is 0 Å². The summed E-state index contributed by atoms with van der Waals surface area (Å²) in [5, 5.41) is 2.32. The summed E-state index contributed by atoms with van der Waals surface area (Å²) in [6.45, 7) is 4.29. The van der Waals surface area contributed by atoms with Gasteiger partial charge in [0.25, 0.3) is 0 Å². The molecule has 0 fully saturated rings. The molecule has 0 aliphatic rings. The molecular weight excluding hydrogens is 296 g/mol. The van der Waals surface area contributed by atoms with Crippen molar-refractivity contribution in [2.24, 2.45) is 0 Å². The zero-order chi connectivity index (χ0) is 16.3. The highest BCUT2D eigenvalue weighted by molar-refractivity contribution is 6.21. The van der Waals surface area contributed by atoms with Gasteiger partial charge in [-0.2, -0.15) is 0 Å². The lowest BCUT2D eigenvalue weighted by Gasteiger charge is -2.13. The molecule has 0 radical (unpaired) electrons. The third-order valence-corrected chi connectivity index (χ3v) is 4.76. The van der Waals surface area contributed by atoms with Gasteiger partial charge < -0.3 is 4.98 Å². The third kappa shape index (κ3) is 1.62. The fourth-order valence-electron chi connectivity index (χ4n) is 3.72. The fourth-order valence-corrected chi connectivity index (χ4v) is 3.72. The summed E-state index contributed by atoms with van der Waals surface area (Å²) < 4.78 is 2.21. The number of nitrogens with one attached hydrogen (secondary N) is 1. The lowest BCUT2D eigenvalue weighted by Crippen LogP contribution is -1.99. The Labute approximate surface area is 138 Å². The van der Waals surface area contributed by atoms with Crippen LogP contribution in [-0.2, 0) is 0 Å². The number of hydrogen-bond donors (Lipinski definition) is 1. The number of fused-ring (bicyclic) bond motifs is 6. The van der Waals surface area contributed by atoms with Crippen molar-refractivity contribution in [2.45, 2.75) is 13.8 Å². The lowest BCUT2D eigenvalue weighted by molar-refractivity contribution is 1.06. The molecule has 24 heavy (non-hydrogen) atoms. The molecule has 0 aliphatic carbocycles. The molecule has 5 aromatic rings. The zero-order valence-electron chi connectivity index (χ0n) is 13.5. The Balaban J connectivity index is 2.05. The first-order valence-electron chi connectivity index (χ1n) is 8.03. The summed E-state index contributed by atoms with van der Waals surface area (Å²) in [7, 11) is 0. The summed E-state index contributed by atoms with van der Waals surface area (Å²) in [6.07, 6.45) is 3.67. The van der Waals surface area contributed by atoms with Gasteiger partial charge in [-0.1, -0.05) is 42.5 Å². The largest absolute Gasteiger partial charge is 0.343 e. The minimum atomic E-state index is 0.962. The first-order chi connectivity index (χ1) is 11.8. The van der Waals surface area contributed by atoms with Crippen LogP contribution in [0.2, 0.25) is 0 Å². The number of hydrogen-bond acceptors (Lipinski definition) is 2. The first-order valence-corrected chi connectivity index (χ1v) is 8.03. The summed E-state index contributed by atoms with van der Waals surface area (Å²) in [5.74, 6) is 0.